The van der Waals surface area contributed by atoms with Gasteiger partial charge in [0.05, 0.1) is 0 Å². The van der Waals surface area contributed by atoms with Gasteiger partial charge in [-0.05, 0) is 44.3 Å². The zero-order valence-corrected chi connectivity index (χ0v) is 8.99. The maximum atomic E-state index is 2.32. The van der Waals surface area contributed by atoms with Gasteiger partial charge in [0.25, 0.3) is 0 Å². The molecule has 0 spiro atoms. The molecule has 0 heteroatoms. The molecule has 0 aromatic heterocycles. The molecule has 0 nitrogen and oxygen atoms in total. The standard InChI is InChI=1S/C12H20/c1-6-7-12-10(4)8(2)9(3)11(12)5/h8H,6-7H2,1-5H3. The molecule has 0 aliphatic heterocycles. The van der Waals surface area contributed by atoms with Gasteiger partial charge in [0.2, 0.25) is 0 Å². The van der Waals surface area contributed by atoms with Crippen molar-refractivity contribution < 1.29 is 0 Å². The van der Waals surface area contributed by atoms with E-state index in [0.717, 1.165) is 0 Å². The average molecular weight is 164 g/mol. The van der Waals surface area contributed by atoms with Gasteiger partial charge < -0.3 is 0 Å². The molecule has 0 amide bonds. The molecule has 12 heavy (non-hydrogen) atoms. The van der Waals surface area contributed by atoms with Gasteiger partial charge in [0.1, 0.15) is 0 Å². The van der Waals surface area contributed by atoms with Crippen molar-refractivity contribution in [2.75, 3.05) is 0 Å². The van der Waals surface area contributed by atoms with E-state index in [1.807, 2.05) is 0 Å². The number of allylic oxidation sites excluding steroid dienone is 4. The summed E-state index contributed by atoms with van der Waals surface area (Å²) in [6, 6.07) is 0. The van der Waals surface area contributed by atoms with Crippen molar-refractivity contribution in [1.82, 2.24) is 0 Å². The van der Waals surface area contributed by atoms with E-state index in [2.05, 4.69) is 34.6 Å². The predicted molar refractivity (Wildman–Crippen MR) is 55.1 cm³/mol. The molecular weight excluding hydrogens is 144 g/mol. The first kappa shape index (κ1) is 9.57. The Morgan fingerprint density at radius 1 is 1.08 bits per heavy atom. The zero-order chi connectivity index (χ0) is 9.30. The maximum Gasteiger partial charge on any atom is -0.00152 e. The van der Waals surface area contributed by atoms with Crippen molar-refractivity contribution in [3.63, 3.8) is 0 Å². The van der Waals surface area contributed by atoms with Gasteiger partial charge in [-0.15, -0.1) is 0 Å². The van der Waals surface area contributed by atoms with Crippen LogP contribution in [0, 0.1) is 5.92 Å². The highest BCUT2D eigenvalue weighted by Crippen LogP contribution is 2.38. The van der Waals surface area contributed by atoms with Crippen LogP contribution in [0.4, 0.5) is 0 Å². The Morgan fingerprint density at radius 3 is 2.00 bits per heavy atom. The predicted octanol–water partition coefficient (Wildman–Crippen LogP) is 4.09. The molecule has 1 rings (SSSR count). The fourth-order valence-corrected chi connectivity index (χ4v) is 2.08. The molecule has 0 aromatic rings. The van der Waals surface area contributed by atoms with Gasteiger partial charge in [0, 0.05) is 0 Å². The third-order valence-electron chi connectivity index (χ3n) is 3.32. The molecule has 0 aromatic carbocycles. The molecule has 0 radical (unpaired) electrons. The first-order valence-electron chi connectivity index (χ1n) is 4.97. The quantitative estimate of drug-likeness (QED) is 0.576. The summed E-state index contributed by atoms with van der Waals surface area (Å²) >= 11 is 0. The average Bonchev–Trinajstić information content (AvgIpc) is 2.23. The van der Waals surface area contributed by atoms with Crippen LogP contribution in [0.1, 0.15) is 47.5 Å². The highest BCUT2D eigenvalue weighted by molar-refractivity contribution is 5.46. The molecule has 1 atom stereocenters. The fraction of sp³-hybridized carbons (Fsp3) is 0.667. The van der Waals surface area contributed by atoms with Gasteiger partial charge >= 0.3 is 0 Å². The molecular formula is C12H20. The summed E-state index contributed by atoms with van der Waals surface area (Å²) in [7, 11) is 0. The van der Waals surface area contributed by atoms with E-state index >= 15 is 0 Å². The molecule has 0 bridgehead atoms. The second-order valence-corrected chi connectivity index (χ2v) is 3.94. The van der Waals surface area contributed by atoms with Gasteiger partial charge in [-0.1, -0.05) is 31.4 Å². The summed E-state index contributed by atoms with van der Waals surface area (Å²) in [6.07, 6.45) is 2.53. The normalized spacial score (nSPS) is 24.2. The molecule has 0 heterocycles. The second-order valence-electron chi connectivity index (χ2n) is 3.94. The lowest BCUT2D eigenvalue weighted by Crippen LogP contribution is -1.92. The Labute approximate surface area is 76.4 Å². The van der Waals surface area contributed by atoms with Crippen molar-refractivity contribution >= 4 is 0 Å². The molecule has 1 unspecified atom stereocenters. The van der Waals surface area contributed by atoms with Crippen LogP contribution >= 0.6 is 0 Å². The van der Waals surface area contributed by atoms with Crippen LogP contribution in [0.2, 0.25) is 0 Å². The first-order valence-corrected chi connectivity index (χ1v) is 4.97. The third-order valence-corrected chi connectivity index (χ3v) is 3.32. The largest absolute Gasteiger partial charge is 0.0651 e. The maximum absolute atomic E-state index is 2.32. The van der Waals surface area contributed by atoms with E-state index in [9.17, 15) is 0 Å². The van der Waals surface area contributed by atoms with Crippen LogP contribution in [0.15, 0.2) is 22.3 Å². The minimum Gasteiger partial charge on any atom is -0.0651 e. The SMILES string of the molecule is CCCC1=C(C)C(C)C(C)=C1C. The highest BCUT2D eigenvalue weighted by atomic mass is 14.3. The van der Waals surface area contributed by atoms with Crippen molar-refractivity contribution in [3.8, 4) is 0 Å². The summed E-state index contributed by atoms with van der Waals surface area (Å²) in [5.74, 6) is 0.701. The van der Waals surface area contributed by atoms with Gasteiger partial charge in [0.15, 0.2) is 0 Å². The molecule has 1 aliphatic carbocycles. The van der Waals surface area contributed by atoms with E-state index in [4.69, 9.17) is 0 Å². The fourth-order valence-electron chi connectivity index (χ4n) is 2.08. The zero-order valence-electron chi connectivity index (χ0n) is 8.99. The number of hydrogen-bond acceptors (Lipinski definition) is 0. The summed E-state index contributed by atoms with van der Waals surface area (Å²) in [6.45, 7) is 11.4. The van der Waals surface area contributed by atoms with Crippen molar-refractivity contribution in [2.45, 2.75) is 47.5 Å². The second kappa shape index (κ2) is 3.47. The minimum atomic E-state index is 0.701. The number of hydrogen-bond donors (Lipinski definition) is 0. The molecule has 68 valence electrons. The molecule has 1 aliphatic rings. The summed E-state index contributed by atoms with van der Waals surface area (Å²) in [5, 5.41) is 0. The summed E-state index contributed by atoms with van der Waals surface area (Å²) < 4.78 is 0. The molecule has 0 fully saturated rings. The molecule has 0 saturated heterocycles. The minimum absolute atomic E-state index is 0.701. The Hall–Kier alpha value is -0.520. The lowest BCUT2D eigenvalue weighted by atomic mass is 9.99. The number of rotatable bonds is 2. The first-order chi connectivity index (χ1) is 5.59. The summed E-state index contributed by atoms with van der Waals surface area (Å²) in [5.41, 5.74) is 6.37. The molecule has 0 saturated carbocycles. The van der Waals surface area contributed by atoms with Gasteiger partial charge in [-0.2, -0.15) is 0 Å². The van der Waals surface area contributed by atoms with Crippen LogP contribution in [0.5, 0.6) is 0 Å². The van der Waals surface area contributed by atoms with E-state index in [0.29, 0.717) is 5.92 Å². The monoisotopic (exact) mass is 164 g/mol. The van der Waals surface area contributed by atoms with Crippen LogP contribution in [-0.2, 0) is 0 Å². The Kier molecular flexibility index (Phi) is 2.76. The van der Waals surface area contributed by atoms with Crippen LogP contribution in [0.3, 0.4) is 0 Å². The molecule has 0 N–H and O–H groups in total. The van der Waals surface area contributed by atoms with Crippen LogP contribution < -0.4 is 0 Å². The topological polar surface area (TPSA) is 0 Å². The van der Waals surface area contributed by atoms with Crippen LogP contribution in [-0.4, -0.2) is 0 Å². The highest BCUT2D eigenvalue weighted by Gasteiger charge is 2.21. The lowest BCUT2D eigenvalue weighted by molar-refractivity contribution is 0.806. The van der Waals surface area contributed by atoms with Crippen molar-refractivity contribution in [3.05, 3.63) is 22.3 Å². The van der Waals surface area contributed by atoms with Gasteiger partial charge in [-0.25, -0.2) is 0 Å². The summed E-state index contributed by atoms with van der Waals surface area (Å²) in [4.78, 5) is 0. The van der Waals surface area contributed by atoms with E-state index in [1.54, 1.807) is 22.3 Å². The smallest absolute Gasteiger partial charge is 0.00152 e. The third kappa shape index (κ3) is 1.35. The van der Waals surface area contributed by atoms with E-state index < -0.39 is 0 Å². The lowest BCUT2D eigenvalue weighted by Gasteiger charge is -2.06. The van der Waals surface area contributed by atoms with Crippen molar-refractivity contribution in [1.29, 1.82) is 0 Å². The van der Waals surface area contributed by atoms with E-state index in [-0.39, 0.29) is 0 Å². The van der Waals surface area contributed by atoms with Crippen LogP contribution in [0.25, 0.3) is 0 Å². The van der Waals surface area contributed by atoms with E-state index in [1.165, 1.54) is 12.8 Å². The Balaban J connectivity index is 2.96. The Morgan fingerprint density at radius 2 is 1.67 bits per heavy atom. The van der Waals surface area contributed by atoms with Gasteiger partial charge in [-0.3, -0.25) is 0 Å². The van der Waals surface area contributed by atoms with Crippen molar-refractivity contribution in [2.24, 2.45) is 5.92 Å². The Bertz CT molecular complexity index is 241.